The molecule has 40 heteroatoms. The minimum Gasteiger partial charge on any atom is -0.863 e. The van der Waals surface area contributed by atoms with E-state index in [2.05, 4.69) is 224 Å². The molecule has 2 fully saturated rings. The molecule has 10 aromatic rings. The highest BCUT2D eigenvalue weighted by atomic mass is 35.5. The Hall–Kier alpha value is -10.4. The standard InChI is InChI=1S/2C40H49Cl2N6S2.2C6H3N3O7/c2*1-45-26-28-48(2,27-23-44-21-10-25-47-34-14-4-6-18-38(34)50-40-32(42)12-8-16-36(40)47)30(29-45)19-22-43-20-9-24-46-33-13-3-5-17-37(33)49-39-31(41)11-7-15-35(39)46;2*10-6-4(8(13)14)1-3(7(11)12)2-5(6)9(15)16/h2*3-8,11-18,30,43-44H,9-10,19-29H2,1-2H3;2*1-2,10H/q2*+1;;/p-2. The maximum absolute atomic E-state index is 11.1. The van der Waals surface area contributed by atoms with Gasteiger partial charge in [0.15, 0.2) is 0 Å². The highest BCUT2D eigenvalue weighted by molar-refractivity contribution is 8.00. The smallest absolute Gasteiger partial charge is 0.283 e. The lowest BCUT2D eigenvalue weighted by atomic mass is 10.1. The highest BCUT2D eigenvalue weighted by Crippen LogP contribution is 2.55. The van der Waals surface area contributed by atoms with Crippen molar-refractivity contribution >= 4 is 173 Å². The van der Waals surface area contributed by atoms with Gasteiger partial charge in [0.2, 0.25) is 0 Å². The number of likely N-dealkylation sites (N-methyl/N-ethyl adjacent to an activating group) is 4. The predicted octanol–water partition coefficient (Wildman–Crippen LogP) is 19.0. The van der Waals surface area contributed by atoms with E-state index in [1.807, 2.05) is 24.3 Å². The van der Waals surface area contributed by atoms with E-state index in [4.69, 9.17) is 46.4 Å². The molecule has 132 heavy (non-hydrogen) atoms. The minimum absolute atomic E-state index is 0.384. The van der Waals surface area contributed by atoms with Crippen LogP contribution in [0.15, 0.2) is 233 Å². The van der Waals surface area contributed by atoms with Crippen LogP contribution in [-0.4, -0.2) is 219 Å². The number of benzene rings is 10. The van der Waals surface area contributed by atoms with E-state index in [9.17, 15) is 70.9 Å². The number of nitro benzene ring substituents is 6. The fraction of sp³-hybridized carbons (Fsp3) is 0.348. The van der Waals surface area contributed by atoms with Gasteiger partial charge >= 0.3 is 0 Å². The van der Waals surface area contributed by atoms with E-state index >= 15 is 0 Å². The zero-order chi connectivity index (χ0) is 93.9. The van der Waals surface area contributed by atoms with Crippen molar-refractivity contribution in [1.29, 1.82) is 0 Å². The minimum atomic E-state index is -1.46. The van der Waals surface area contributed by atoms with Crippen LogP contribution in [0.5, 0.6) is 11.5 Å². The molecule has 0 aromatic heterocycles. The van der Waals surface area contributed by atoms with Gasteiger partial charge in [-0.15, -0.1) is 0 Å². The summed E-state index contributed by atoms with van der Waals surface area (Å²) < 4.78 is 2.28. The third-order valence-electron chi connectivity index (χ3n) is 24.3. The Labute approximate surface area is 802 Å². The Morgan fingerprint density at radius 3 is 0.833 bits per heavy atom. The predicted molar refractivity (Wildman–Crippen MR) is 521 cm³/mol. The number of non-ortho nitro benzene ring substituents is 2. The summed E-state index contributed by atoms with van der Waals surface area (Å²) in [7, 11) is 9.53. The summed E-state index contributed by atoms with van der Waals surface area (Å²) >= 11 is 33.6. The molecule has 6 aliphatic rings. The number of hydrogen-bond acceptors (Lipinski definition) is 28. The lowest BCUT2D eigenvalue weighted by Crippen LogP contribution is -2.64. The van der Waals surface area contributed by atoms with E-state index < -0.39 is 75.2 Å². The zero-order valence-electron chi connectivity index (χ0n) is 73.1. The monoisotopic (exact) mass is 1950 g/mol. The van der Waals surface area contributed by atoms with E-state index in [0.29, 0.717) is 36.3 Å². The quantitative estimate of drug-likeness (QED) is 0.0126. The fourth-order valence-electron chi connectivity index (χ4n) is 17.2. The van der Waals surface area contributed by atoms with Crippen LogP contribution < -0.4 is 51.1 Å². The lowest BCUT2D eigenvalue weighted by Gasteiger charge is -2.47. The first-order chi connectivity index (χ1) is 63.5. The van der Waals surface area contributed by atoms with Gasteiger partial charge in [-0.3, -0.25) is 70.5 Å². The SMILES string of the molecule is CN1CC[N+](C)(CCNCCCN2c3ccccc3Sc3c(Cl)cccc32)C(CCNCCCN2c3ccccc3Sc3c(Cl)cccc32)C1.CN1CC[N+](C)(CCNCCCN2c3ccccc3Sc3c(Cl)cccc32)C(CCNCCCN2c3ccccc3Sc3c(Cl)cccc32)C1.O=[N+]([O-])c1cc([N+](=O)[O-])c([O-])c([N+](=O)[O-])c1.O=[N+]([O-])c1cc([N+](=O)[O-])c([O-])c([N+](=O)[O-])c1. The number of halogens is 4. The average Bonchev–Trinajstić information content (AvgIpc) is 0.776. The molecule has 6 aliphatic heterocycles. The molecular formula is C92H102Cl4N18O14S4. The number of quaternary nitrogens is 2. The molecule has 4 atom stereocenters. The third-order valence-corrected chi connectivity index (χ3v) is 30.8. The normalized spacial score (nSPS) is 17.4. The van der Waals surface area contributed by atoms with Crippen LogP contribution >= 0.6 is 93.5 Å². The number of para-hydroxylation sites is 4. The summed E-state index contributed by atoms with van der Waals surface area (Å²) in [6.45, 7) is 21.4. The maximum Gasteiger partial charge on any atom is 0.283 e. The molecule has 696 valence electrons. The van der Waals surface area contributed by atoms with Crippen molar-refractivity contribution in [2.24, 2.45) is 0 Å². The van der Waals surface area contributed by atoms with E-state index in [1.54, 1.807) is 47.0 Å². The molecule has 0 amide bonds. The summed E-state index contributed by atoms with van der Waals surface area (Å²) in [6.07, 6.45) is 6.68. The number of fused-ring (bicyclic) bond motifs is 8. The van der Waals surface area contributed by atoms with Crippen LogP contribution in [0, 0.1) is 60.7 Å². The van der Waals surface area contributed by atoms with Crippen molar-refractivity contribution < 1.29 is 48.7 Å². The van der Waals surface area contributed by atoms with Gasteiger partial charge < -0.3 is 60.0 Å². The van der Waals surface area contributed by atoms with Crippen LogP contribution in [0.1, 0.15) is 38.5 Å². The number of nitrogens with one attached hydrogen (secondary N) is 4. The Balaban J connectivity index is 0.000000169. The summed E-state index contributed by atoms with van der Waals surface area (Å²) in [5.41, 5.74) is 3.49. The largest absolute Gasteiger partial charge is 0.863 e. The lowest BCUT2D eigenvalue weighted by molar-refractivity contribution is -0.936. The Kier molecular flexibility index (Phi) is 34.6. The van der Waals surface area contributed by atoms with Crippen LogP contribution in [0.4, 0.5) is 79.6 Å². The molecule has 10 aromatic carbocycles. The van der Waals surface area contributed by atoms with Gasteiger partial charge in [0.05, 0.1) is 204 Å². The molecule has 4 N–H and O–H groups in total. The molecule has 0 saturated carbocycles. The Bertz CT molecular complexity index is 5430. The van der Waals surface area contributed by atoms with Gasteiger partial charge in [0.1, 0.15) is 12.1 Å². The maximum atomic E-state index is 11.1. The molecule has 16 rings (SSSR count). The van der Waals surface area contributed by atoms with Gasteiger partial charge in [-0.2, -0.15) is 0 Å². The second kappa shape index (κ2) is 46.1. The first-order valence-corrected chi connectivity index (χ1v) is 48.1. The number of hydrogen-bond donors (Lipinski definition) is 4. The molecule has 0 bridgehead atoms. The second-order valence-corrected chi connectivity index (χ2v) is 38.9. The van der Waals surface area contributed by atoms with Crippen molar-refractivity contribution in [1.82, 2.24) is 31.1 Å². The van der Waals surface area contributed by atoms with E-state index in [0.717, 1.165) is 192 Å². The number of nitrogens with zero attached hydrogens (tertiary/aromatic N) is 14. The van der Waals surface area contributed by atoms with Crippen molar-refractivity contribution in [3.8, 4) is 11.5 Å². The summed E-state index contributed by atoms with van der Waals surface area (Å²) in [5, 5.41) is 103. The number of piperazine rings is 2. The molecule has 2 saturated heterocycles. The van der Waals surface area contributed by atoms with Crippen molar-refractivity contribution in [2.75, 3.05) is 179 Å². The highest BCUT2D eigenvalue weighted by Gasteiger charge is 2.40. The van der Waals surface area contributed by atoms with Gasteiger partial charge in [-0.05, 0) is 163 Å². The van der Waals surface area contributed by atoms with Crippen LogP contribution in [0.25, 0.3) is 0 Å². The van der Waals surface area contributed by atoms with E-state index in [-0.39, 0.29) is 0 Å². The van der Waals surface area contributed by atoms with Gasteiger partial charge in [-0.25, -0.2) is 0 Å². The zero-order valence-corrected chi connectivity index (χ0v) is 79.4. The number of rotatable bonds is 34. The average molecular weight is 1950 g/mol. The summed E-state index contributed by atoms with van der Waals surface area (Å²) in [6, 6.07) is 62.6. The van der Waals surface area contributed by atoms with Gasteiger partial charge in [0.25, 0.3) is 34.1 Å². The van der Waals surface area contributed by atoms with Gasteiger partial charge in [-0.1, -0.05) is 166 Å². The molecule has 4 unspecified atom stereocenters. The molecule has 0 radical (unpaired) electrons. The second-order valence-electron chi connectivity index (χ2n) is 33.1. The van der Waals surface area contributed by atoms with Crippen LogP contribution in [0.2, 0.25) is 20.1 Å². The Morgan fingerprint density at radius 2 is 0.583 bits per heavy atom. The molecule has 0 spiro atoms. The van der Waals surface area contributed by atoms with Crippen molar-refractivity contribution in [3.63, 3.8) is 0 Å². The number of nitro groups is 6. The van der Waals surface area contributed by atoms with Crippen molar-refractivity contribution in [3.05, 3.63) is 275 Å². The van der Waals surface area contributed by atoms with Crippen molar-refractivity contribution in [2.45, 2.75) is 89.8 Å². The Morgan fingerprint density at radius 1 is 0.341 bits per heavy atom. The van der Waals surface area contributed by atoms with Gasteiger partial charge in [0, 0.05) is 97.9 Å². The first-order valence-electron chi connectivity index (χ1n) is 43.3. The summed E-state index contributed by atoms with van der Waals surface area (Å²) in [4.78, 5) is 79.6. The summed E-state index contributed by atoms with van der Waals surface area (Å²) in [5.74, 6) is -2.92. The third kappa shape index (κ3) is 24.2. The molecule has 6 heterocycles. The van der Waals surface area contributed by atoms with Crippen LogP contribution in [-0.2, 0) is 0 Å². The molecule has 32 nitrogen and oxygen atoms in total. The number of anilines is 8. The molecular weight excluding hydrogens is 1850 g/mol. The first kappa shape index (κ1) is 99.1. The van der Waals surface area contributed by atoms with E-state index in [1.165, 1.54) is 91.0 Å². The fourth-order valence-corrected chi connectivity index (χ4v) is 22.7. The molecule has 0 aliphatic carbocycles. The topological polar surface area (TPSA) is 373 Å². The van der Waals surface area contributed by atoms with Crippen LogP contribution in [0.3, 0.4) is 0 Å².